The third-order valence-electron chi connectivity index (χ3n) is 4.61. The fraction of sp³-hybridized carbons (Fsp3) is 0.300. The second-order valence-corrected chi connectivity index (χ2v) is 8.40. The van der Waals surface area contributed by atoms with Crippen LogP contribution in [0.2, 0.25) is 0 Å². The van der Waals surface area contributed by atoms with E-state index in [-0.39, 0.29) is 24.7 Å². The van der Waals surface area contributed by atoms with Gasteiger partial charge in [0.1, 0.15) is 12.6 Å². The van der Waals surface area contributed by atoms with Crippen molar-refractivity contribution >= 4 is 10.1 Å². The van der Waals surface area contributed by atoms with E-state index in [0.29, 0.717) is 0 Å². The molecule has 1 aliphatic rings. The maximum Gasteiger partial charge on any atom is 0.297 e. The molecule has 4 rings (SSSR count). The molecule has 0 saturated carbocycles. The summed E-state index contributed by atoms with van der Waals surface area (Å²) in [4.78, 5) is 1.58. The maximum atomic E-state index is 12.4. The number of hydrogen-bond donors (Lipinski definition) is 0. The fourth-order valence-corrected chi connectivity index (χ4v) is 4.05. The topological polar surface area (TPSA) is 92.5 Å². The van der Waals surface area contributed by atoms with Crippen molar-refractivity contribution in [2.75, 3.05) is 13.2 Å². The van der Waals surface area contributed by atoms with Crippen LogP contribution in [0.25, 0.3) is 0 Å². The number of aromatic nitrogens is 3. The Hall–Kier alpha value is -2.59. The molecule has 1 unspecified atom stereocenters. The SMILES string of the molecule is Cc1ccc(S(=O)(=O)OC[C@@H]2COC(Cn3nccn3)(c3ccccc3)O2)cc1. The summed E-state index contributed by atoms with van der Waals surface area (Å²) in [6.45, 7) is 2.14. The molecule has 1 aliphatic heterocycles. The average molecular weight is 415 g/mol. The zero-order chi connectivity index (χ0) is 20.3. The Morgan fingerprint density at radius 2 is 1.79 bits per heavy atom. The molecular weight excluding hydrogens is 394 g/mol. The number of hydrogen-bond acceptors (Lipinski definition) is 7. The van der Waals surface area contributed by atoms with Crippen LogP contribution in [0.3, 0.4) is 0 Å². The van der Waals surface area contributed by atoms with E-state index in [0.717, 1.165) is 11.1 Å². The predicted octanol–water partition coefficient (Wildman–Crippen LogP) is 2.26. The van der Waals surface area contributed by atoms with Gasteiger partial charge in [-0.15, -0.1) is 0 Å². The van der Waals surface area contributed by atoms with Gasteiger partial charge in [0.25, 0.3) is 10.1 Å². The van der Waals surface area contributed by atoms with Gasteiger partial charge in [-0.3, -0.25) is 4.18 Å². The first-order chi connectivity index (χ1) is 14.0. The van der Waals surface area contributed by atoms with Crippen LogP contribution >= 0.6 is 0 Å². The molecule has 3 aromatic rings. The zero-order valence-corrected chi connectivity index (χ0v) is 16.7. The molecule has 0 radical (unpaired) electrons. The Morgan fingerprint density at radius 1 is 1.10 bits per heavy atom. The van der Waals surface area contributed by atoms with Crippen molar-refractivity contribution in [3.05, 3.63) is 78.1 Å². The van der Waals surface area contributed by atoms with Crippen molar-refractivity contribution in [1.29, 1.82) is 0 Å². The standard InChI is InChI=1S/C20H21N3O5S/c1-16-7-9-19(10-8-16)29(24,25)27-14-18-13-26-20(28-18,15-23-21-11-12-22-23)17-5-3-2-4-6-17/h2-12,18H,13-15H2,1H3/t18-,20?/m0/s1. The van der Waals surface area contributed by atoms with E-state index in [1.807, 2.05) is 37.3 Å². The summed E-state index contributed by atoms with van der Waals surface area (Å²) in [7, 11) is -3.88. The van der Waals surface area contributed by atoms with E-state index >= 15 is 0 Å². The van der Waals surface area contributed by atoms with Crippen LogP contribution in [-0.2, 0) is 36.1 Å². The molecule has 1 saturated heterocycles. The summed E-state index contributed by atoms with van der Waals surface area (Å²) in [6, 6.07) is 15.9. The molecule has 1 aromatic heterocycles. The maximum absolute atomic E-state index is 12.4. The summed E-state index contributed by atoms with van der Waals surface area (Å²) >= 11 is 0. The van der Waals surface area contributed by atoms with Crippen LogP contribution in [0.4, 0.5) is 0 Å². The lowest BCUT2D eigenvalue weighted by atomic mass is 10.1. The molecule has 8 nitrogen and oxygen atoms in total. The minimum Gasteiger partial charge on any atom is -0.342 e. The van der Waals surface area contributed by atoms with Gasteiger partial charge in [-0.05, 0) is 19.1 Å². The molecule has 2 heterocycles. The Bertz CT molecular complexity index is 1040. The van der Waals surface area contributed by atoms with Crippen molar-refractivity contribution in [2.24, 2.45) is 0 Å². The summed E-state index contributed by atoms with van der Waals surface area (Å²) in [5, 5.41) is 8.25. The van der Waals surface area contributed by atoms with E-state index in [2.05, 4.69) is 10.2 Å². The van der Waals surface area contributed by atoms with Gasteiger partial charge in [-0.2, -0.15) is 23.4 Å². The summed E-state index contributed by atoms with van der Waals surface area (Å²) < 4.78 is 42.3. The van der Waals surface area contributed by atoms with Gasteiger partial charge in [0.05, 0.1) is 30.5 Å². The van der Waals surface area contributed by atoms with E-state index in [4.69, 9.17) is 13.7 Å². The third kappa shape index (κ3) is 4.38. The molecule has 0 bridgehead atoms. The molecule has 0 N–H and O–H groups in total. The first kappa shape index (κ1) is 19.7. The molecule has 29 heavy (non-hydrogen) atoms. The minimum absolute atomic E-state index is 0.108. The van der Waals surface area contributed by atoms with Crippen molar-refractivity contribution in [1.82, 2.24) is 15.0 Å². The lowest BCUT2D eigenvalue weighted by molar-refractivity contribution is -0.192. The van der Waals surface area contributed by atoms with Crippen LogP contribution in [0.15, 0.2) is 71.9 Å². The van der Waals surface area contributed by atoms with Crippen molar-refractivity contribution in [3.8, 4) is 0 Å². The number of aryl methyl sites for hydroxylation is 1. The Kier molecular flexibility index (Phi) is 5.46. The first-order valence-electron chi connectivity index (χ1n) is 9.14. The van der Waals surface area contributed by atoms with Gasteiger partial charge in [0, 0.05) is 5.56 Å². The largest absolute Gasteiger partial charge is 0.342 e. The zero-order valence-electron chi connectivity index (χ0n) is 15.8. The van der Waals surface area contributed by atoms with Gasteiger partial charge >= 0.3 is 0 Å². The number of benzene rings is 2. The molecule has 152 valence electrons. The van der Waals surface area contributed by atoms with Crippen molar-refractivity contribution in [2.45, 2.75) is 30.3 Å². The van der Waals surface area contributed by atoms with Crippen molar-refractivity contribution in [3.63, 3.8) is 0 Å². The molecular formula is C20H21N3O5S. The number of nitrogens with zero attached hydrogens (tertiary/aromatic N) is 3. The lowest BCUT2D eigenvalue weighted by Gasteiger charge is -2.28. The Balaban J connectivity index is 1.48. The molecule has 0 amide bonds. The van der Waals surface area contributed by atoms with E-state index in [9.17, 15) is 8.42 Å². The van der Waals surface area contributed by atoms with Gasteiger partial charge in [0.2, 0.25) is 5.79 Å². The molecule has 9 heteroatoms. The highest BCUT2D eigenvalue weighted by Gasteiger charge is 2.44. The molecule has 1 fully saturated rings. The first-order valence-corrected chi connectivity index (χ1v) is 10.6. The second kappa shape index (κ2) is 8.03. The average Bonchev–Trinajstić information content (AvgIpc) is 3.39. The monoisotopic (exact) mass is 415 g/mol. The smallest absolute Gasteiger partial charge is 0.297 e. The summed E-state index contributed by atoms with van der Waals surface area (Å²) in [6.07, 6.45) is 2.58. The van der Waals surface area contributed by atoms with Crippen LogP contribution in [-0.4, -0.2) is 42.7 Å². The van der Waals surface area contributed by atoms with Gasteiger partial charge in [0.15, 0.2) is 0 Å². The highest BCUT2D eigenvalue weighted by molar-refractivity contribution is 7.86. The van der Waals surface area contributed by atoms with Gasteiger partial charge < -0.3 is 9.47 Å². The van der Waals surface area contributed by atoms with Crippen LogP contribution in [0.5, 0.6) is 0 Å². The lowest BCUT2D eigenvalue weighted by Crippen LogP contribution is -2.35. The predicted molar refractivity (Wildman–Crippen MR) is 103 cm³/mol. The highest BCUT2D eigenvalue weighted by Crippen LogP contribution is 2.36. The Morgan fingerprint density at radius 3 is 2.48 bits per heavy atom. The van der Waals surface area contributed by atoms with Crippen LogP contribution in [0, 0.1) is 6.92 Å². The number of ether oxygens (including phenoxy) is 2. The third-order valence-corrected chi connectivity index (χ3v) is 5.90. The highest BCUT2D eigenvalue weighted by atomic mass is 32.2. The Labute approximate surface area is 169 Å². The van der Waals surface area contributed by atoms with E-state index < -0.39 is 22.0 Å². The van der Waals surface area contributed by atoms with Crippen LogP contribution in [0.1, 0.15) is 11.1 Å². The van der Waals surface area contributed by atoms with Crippen LogP contribution < -0.4 is 0 Å². The second-order valence-electron chi connectivity index (χ2n) is 6.78. The fourth-order valence-electron chi connectivity index (χ4n) is 3.11. The molecule has 2 atom stereocenters. The van der Waals surface area contributed by atoms with Gasteiger partial charge in [-0.1, -0.05) is 48.0 Å². The molecule has 0 aliphatic carbocycles. The summed E-state index contributed by atoms with van der Waals surface area (Å²) in [5.74, 6) is -1.12. The molecule has 0 spiro atoms. The minimum atomic E-state index is -3.88. The van der Waals surface area contributed by atoms with E-state index in [1.165, 1.54) is 16.9 Å². The van der Waals surface area contributed by atoms with Crippen molar-refractivity contribution < 1.29 is 22.1 Å². The van der Waals surface area contributed by atoms with E-state index in [1.54, 1.807) is 24.5 Å². The quantitative estimate of drug-likeness (QED) is 0.547. The molecule has 2 aromatic carbocycles. The number of rotatable bonds is 7. The van der Waals surface area contributed by atoms with Gasteiger partial charge in [-0.25, -0.2) is 0 Å². The normalized spacial score (nSPS) is 22.0. The summed E-state index contributed by atoms with van der Waals surface area (Å²) in [5.41, 5.74) is 1.76.